The van der Waals surface area contributed by atoms with E-state index in [1.807, 2.05) is 19.1 Å². The highest BCUT2D eigenvalue weighted by Crippen LogP contribution is 2.57. The molecule has 1 unspecified atom stereocenters. The van der Waals surface area contributed by atoms with Gasteiger partial charge in [0.1, 0.15) is 0 Å². The summed E-state index contributed by atoms with van der Waals surface area (Å²) in [4.78, 5) is 23.5. The van der Waals surface area contributed by atoms with Gasteiger partial charge in [-0.15, -0.1) is 0 Å². The SMILES string of the molecule is C/C=C\C1CC12C(=O)OC(C)(C)OC2=O. The summed E-state index contributed by atoms with van der Waals surface area (Å²) in [6, 6.07) is 0. The van der Waals surface area contributed by atoms with Crippen LogP contribution in [0.1, 0.15) is 27.2 Å². The Bertz CT molecular complexity index is 334. The summed E-state index contributed by atoms with van der Waals surface area (Å²) >= 11 is 0. The molecule has 15 heavy (non-hydrogen) atoms. The van der Waals surface area contributed by atoms with E-state index in [2.05, 4.69) is 0 Å². The van der Waals surface area contributed by atoms with Crippen LogP contribution in [-0.2, 0) is 19.1 Å². The maximum absolute atomic E-state index is 11.7. The Kier molecular flexibility index (Phi) is 1.93. The molecule has 0 amide bonds. The molecule has 1 saturated heterocycles. The van der Waals surface area contributed by atoms with Crippen LogP contribution in [0.5, 0.6) is 0 Å². The molecule has 1 heterocycles. The Labute approximate surface area is 88.2 Å². The number of carbonyl (C=O) groups is 2. The lowest BCUT2D eigenvalue weighted by Gasteiger charge is -2.33. The second-order valence-corrected chi connectivity index (χ2v) is 4.49. The molecule has 4 heteroatoms. The van der Waals surface area contributed by atoms with Crippen molar-refractivity contribution in [1.29, 1.82) is 0 Å². The van der Waals surface area contributed by atoms with Crippen molar-refractivity contribution < 1.29 is 19.1 Å². The number of hydrogen-bond acceptors (Lipinski definition) is 4. The minimum absolute atomic E-state index is 0.0569. The summed E-state index contributed by atoms with van der Waals surface area (Å²) in [6.45, 7) is 4.97. The molecule has 0 aromatic heterocycles. The van der Waals surface area contributed by atoms with Gasteiger partial charge in [-0.1, -0.05) is 12.2 Å². The van der Waals surface area contributed by atoms with E-state index in [-0.39, 0.29) is 5.92 Å². The third-order valence-corrected chi connectivity index (χ3v) is 2.84. The van der Waals surface area contributed by atoms with Gasteiger partial charge in [-0.05, 0) is 13.3 Å². The van der Waals surface area contributed by atoms with Crippen molar-refractivity contribution in [3.63, 3.8) is 0 Å². The molecule has 0 N–H and O–H groups in total. The van der Waals surface area contributed by atoms with Gasteiger partial charge in [0.15, 0.2) is 5.41 Å². The average molecular weight is 210 g/mol. The third-order valence-electron chi connectivity index (χ3n) is 2.84. The van der Waals surface area contributed by atoms with Crippen molar-refractivity contribution in [3.05, 3.63) is 12.2 Å². The summed E-state index contributed by atoms with van der Waals surface area (Å²) in [5.74, 6) is -2.08. The van der Waals surface area contributed by atoms with Crippen LogP contribution < -0.4 is 0 Å². The predicted molar refractivity (Wildman–Crippen MR) is 51.6 cm³/mol. The zero-order chi connectivity index (χ0) is 11.3. The second-order valence-electron chi connectivity index (χ2n) is 4.49. The molecule has 82 valence electrons. The predicted octanol–water partition coefficient (Wildman–Crippen LogP) is 1.40. The van der Waals surface area contributed by atoms with Crippen molar-refractivity contribution in [3.8, 4) is 0 Å². The molecule has 0 bridgehead atoms. The normalized spacial score (nSPS) is 31.5. The van der Waals surface area contributed by atoms with Crippen LogP contribution in [0.2, 0.25) is 0 Å². The largest absolute Gasteiger partial charge is 0.422 e. The van der Waals surface area contributed by atoms with Crippen molar-refractivity contribution in [2.45, 2.75) is 33.0 Å². The summed E-state index contributed by atoms with van der Waals surface area (Å²) in [7, 11) is 0. The van der Waals surface area contributed by atoms with Crippen molar-refractivity contribution >= 4 is 11.9 Å². The summed E-state index contributed by atoms with van der Waals surface area (Å²) in [5.41, 5.74) is -1.04. The lowest BCUT2D eigenvalue weighted by Crippen LogP contribution is -2.48. The Morgan fingerprint density at radius 2 is 1.80 bits per heavy atom. The number of ether oxygens (including phenoxy) is 2. The molecular weight excluding hydrogens is 196 g/mol. The van der Waals surface area contributed by atoms with E-state index in [1.54, 1.807) is 13.8 Å². The van der Waals surface area contributed by atoms with Gasteiger partial charge in [0.2, 0.25) is 0 Å². The molecule has 2 aliphatic rings. The fourth-order valence-corrected chi connectivity index (χ4v) is 1.95. The van der Waals surface area contributed by atoms with Gasteiger partial charge in [-0.2, -0.15) is 0 Å². The average Bonchev–Trinajstić information content (AvgIpc) is 2.76. The molecular formula is C11H14O4. The van der Waals surface area contributed by atoms with Crippen LogP contribution in [0, 0.1) is 11.3 Å². The molecule has 0 aromatic carbocycles. The van der Waals surface area contributed by atoms with E-state index in [1.165, 1.54) is 0 Å². The second kappa shape index (κ2) is 2.84. The Hall–Kier alpha value is -1.32. The lowest BCUT2D eigenvalue weighted by molar-refractivity contribution is -0.243. The van der Waals surface area contributed by atoms with Crippen LogP contribution in [0.4, 0.5) is 0 Å². The quantitative estimate of drug-likeness (QED) is 0.373. The van der Waals surface area contributed by atoms with E-state index in [4.69, 9.17) is 9.47 Å². The van der Waals surface area contributed by atoms with Gasteiger partial charge in [0, 0.05) is 19.8 Å². The first-order valence-electron chi connectivity index (χ1n) is 5.02. The van der Waals surface area contributed by atoms with E-state index in [0.717, 1.165) is 0 Å². The molecule has 0 radical (unpaired) electrons. The van der Waals surface area contributed by atoms with Crippen LogP contribution in [0.15, 0.2) is 12.2 Å². The van der Waals surface area contributed by atoms with Gasteiger partial charge < -0.3 is 9.47 Å². The number of esters is 2. The van der Waals surface area contributed by atoms with Gasteiger partial charge >= 0.3 is 11.9 Å². The summed E-state index contributed by atoms with van der Waals surface area (Å²) in [6.07, 6.45) is 4.19. The zero-order valence-electron chi connectivity index (χ0n) is 9.07. The van der Waals surface area contributed by atoms with Gasteiger partial charge in [0.25, 0.3) is 5.79 Å². The van der Waals surface area contributed by atoms with Crippen molar-refractivity contribution in [1.82, 2.24) is 0 Å². The topological polar surface area (TPSA) is 52.6 Å². The molecule has 4 nitrogen and oxygen atoms in total. The maximum atomic E-state index is 11.7. The highest BCUT2D eigenvalue weighted by molar-refractivity contribution is 6.05. The van der Waals surface area contributed by atoms with Crippen LogP contribution in [0.25, 0.3) is 0 Å². The number of hydrogen-bond donors (Lipinski definition) is 0. The summed E-state index contributed by atoms with van der Waals surface area (Å²) in [5, 5.41) is 0. The molecule has 1 atom stereocenters. The Balaban J connectivity index is 2.23. The molecule has 1 spiro atoms. The zero-order valence-corrected chi connectivity index (χ0v) is 9.07. The van der Waals surface area contributed by atoms with Crippen molar-refractivity contribution in [2.75, 3.05) is 0 Å². The smallest absolute Gasteiger partial charge is 0.327 e. The molecule has 1 aliphatic carbocycles. The fraction of sp³-hybridized carbons (Fsp3) is 0.636. The highest BCUT2D eigenvalue weighted by atomic mass is 16.7. The molecule has 2 fully saturated rings. The van der Waals surface area contributed by atoms with E-state index in [0.29, 0.717) is 6.42 Å². The monoisotopic (exact) mass is 210 g/mol. The Morgan fingerprint density at radius 3 is 2.27 bits per heavy atom. The molecule has 0 aromatic rings. The number of cyclic esters (lactones) is 2. The van der Waals surface area contributed by atoms with Gasteiger partial charge in [-0.25, -0.2) is 0 Å². The van der Waals surface area contributed by atoms with Crippen LogP contribution in [0.3, 0.4) is 0 Å². The van der Waals surface area contributed by atoms with Crippen LogP contribution >= 0.6 is 0 Å². The minimum atomic E-state index is -1.12. The molecule has 1 saturated carbocycles. The highest BCUT2D eigenvalue weighted by Gasteiger charge is 2.70. The van der Waals surface area contributed by atoms with Gasteiger partial charge in [0.05, 0.1) is 0 Å². The Morgan fingerprint density at radius 1 is 1.27 bits per heavy atom. The molecule has 2 rings (SSSR count). The minimum Gasteiger partial charge on any atom is -0.422 e. The van der Waals surface area contributed by atoms with Gasteiger partial charge in [-0.3, -0.25) is 9.59 Å². The fourth-order valence-electron chi connectivity index (χ4n) is 1.95. The van der Waals surface area contributed by atoms with Crippen molar-refractivity contribution in [2.24, 2.45) is 11.3 Å². The number of rotatable bonds is 1. The van der Waals surface area contributed by atoms with E-state index >= 15 is 0 Å². The lowest BCUT2D eigenvalue weighted by atomic mass is 10.0. The van der Waals surface area contributed by atoms with E-state index in [9.17, 15) is 9.59 Å². The third kappa shape index (κ3) is 1.35. The van der Waals surface area contributed by atoms with Crippen LogP contribution in [-0.4, -0.2) is 17.7 Å². The summed E-state index contributed by atoms with van der Waals surface area (Å²) < 4.78 is 10.2. The number of allylic oxidation sites excluding steroid dienone is 2. The molecule has 1 aliphatic heterocycles. The maximum Gasteiger partial charge on any atom is 0.327 e. The number of carbonyl (C=O) groups excluding carboxylic acids is 2. The first kappa shape index (κ1) is 10.2. The first-order chi connectivity index (χ1) is 6.92. The first-order valence-corrected chi connectivity index (χ1v) is 5.02. The van der Waals surface area contributed by atoms with E-state index < -0.39 is 23.1 Å². The standard InChI is InChI=1S/C11H14O4/c1-4-5-7-6-11(7)8(12)14-10(2,3)15-9(11)13/h4-5,7H,6H2,1-3H3/b5-4-.